The minimum absolute atomic E-state index is 0.113. The number of terminal acetylenes is 1. The van der Waals surface area contributed by atoms with Crippen LogP contribution in [0.4, 0.5) is 0 Å². The van der Waals surface area contributed by atoms with Crippen LogP contribution in [0.3, 0.4) is 0 Å². The number of ether oxygens (including phenoxy) is 1. The molecule has 0 saturated carbocycles. The fraction of sp³-hybridized carbons (Fsp3) is 0.842. The monoisotopic (exact) mass is 346 g/mol. The van der Waals surface area contributed by atoms with Crippen LogP contribution in [0.15, 0.2) is 10.2 Å². The number of rotatable bonds is 8. The van der Waals surface area contributed by atoms with Crippen molar-refractivity contribution in [2.75, 3.05) is 26.2 Å². The summed E-state index contributed by atoms with van der Waals surface area (Å²) in [5, 5.41) is 11.4. The number of nitrogens with zero attached hydrogens (tertiary/aromatic N) is 3. The van der Waals surface area contributed by atoms with E-state index < -0.39 is 0 Å². The highest BCUT2D eigenvalue weighted by Crippen LogP contribution is 2.37. The molecule has 138 valence electrons. The van der Waals surface area contributed by atoms with Crippen molar-refractivity contribution >= 4 is 5.91 Å². The van der Waals surface area contributed by atoms with E-state index in [-0.39, 0.29) is 17.6 Å². The topological polar surface area (TPSA) is 66.3 Å². The Hall–Kier alpha value is -1.45. The van der Waals surface area contributed by atoms with Crippen LogP contribution < -0.4 is 5.32 Å². The second-order valence-corrected chi connectivity index (χ2v) is 7.72. The summed E-state index contributed by atoms with van der Waals surface area (Å²) in [6.45, 7) is 6.24. The van der Waals surface area contributed by atoms with E-state index in [0.29, 0.717) is 31.3 Å². The molecule has 0 aromatic heterocycles. The molecule has 3 aliphatic rings. The normalized spacial score (nSPS) is 30.8. The van der Waals surface area contributed by atoms with E-state index in [0.717, 1.165) is 39.1 Å². The lowest BCUT2D eigenvalue weighted by molar-refractivity contribution is -0.122. The van der Waals surface area contributed by atoms with Gasteiger partial charge in [0.2, 0.25) is 5.91 Å². The maximum absolute atomic E-state index is 12.3. The Morgan fingerprint density at radius 2 is 2.24 bits per heavy atom. The molecule has 6 heteroatoms. The van der Waals surface area contributed by atoms with E-state index >= 15 is 0 Å². The van der Waals surface area contributed by atoms with Gasteiger partial charge in [0, 0.05) is 58.0 Å². The molecule has 2 saturated heterocycles. The summed E-state index contributed by atoms with van der Waals surface area (Å²) in [5.74, 6) is 3.19. The first-order valence-electron chi connectivity index (χ1n) is 9.61. The largest absolute Gasteiger partial charge is 0.377 e. The summed E-state index contributed by atoms with van der Waals surface area (Å²) in [6.07, 6.45) is 11.7. The van der Waals surface area contributed by atoms with E-state index in [1.807, 2.05) is 0 Å². The first-order chi connectivity index (χ1) is 12.1. The number of piperidine rings is 1. The molecule has 0 radical (unpaired) electrons. The van der Waals surface area contributed by atoms with Gasteiger partial charge in [-0.25, -0.2) is 0 Å². The minimum atomic E-state index is -0.361. The Labute approximate surface area is 150 Å². The van der Waals surface area contributed by atoms with E-state index in [1.54, 1.807) is 0 Å². The molecule has 3 aliphatic heterocycles. The molecule has 3 unspecified atom stereocenters. The van der Waals surface area contributed by atoms with Crippen molar-refractivity contribution in [2.45, 2.75) is 69.7 Å². The molecule has 1 amide bonds. The molecule has 0 aliphatic carbocycles. The summed E-state index contributed by atoms with van der Waals surface area (Å²) >= 11 is 0. The van der Waals surface area contributed by atoms with Crippen LogP contribution in [0.1, 0.15) is 51.9 Å². The van der Waals surface area contributed by atoms with Crippen LogP contribution in [0.2, 0.25) is 0 Å². The number of carbonyl (C=O) groups is 1. The molecule has 3 atom stereocenters. The van der Waals surface area contributed by atoms with Crippen molar-refractivity contribution in [1.82, 2.24) is 10.2 Å². The van der Waals surface area contributed by atoms with Gasteiger partial charge in [-0.2, -0.15) is 10.2 Å². The molecule has 3 heterocycles. The van der Waals surface area contributed by atoms with Gasteiger partial charge in [0.15, 0.2) is 5.66 Å². The Morgan fingerprint density at radius 3 is 2.88 bits per heavy atom. The van der Waals surface area contributed by atoms with E-state index in [2.05, 4.69) is 33.3 Å². The lowest BCUT2D eigenvalue weighted by Gasteiger charge is -2.38. The molecule has 25 heavy (non-hydrogen) atoms. The number of likely N-dealkylation sites (tertiary alicyclic amines) is 1. The van der Waals surface area contributed by atoms with Crippen LogP contribution >= 0.6 is 0 Å². The predicted molar refractivity (Wildman–Crippen MR) is 96.0 cm³/mol. The zero-order chi connectivity index (χ0) is 17.7. The fourth-order valence-electron chi connectivity index (χ4n) is 3.95. The van der Waals surface area contributed by atoms with Gasteiger partial charge in [-0.05, 0) is 25.2 Å². The minimum Gasteiger partial charge on any atom is -0.377 e. The molecular weight excluding hydrogens is 316 g/mol. The number of hydrogen-bond donors (Lipinski definition) is 1. The quantitative estimate of drug-likeness (QED) is 0.686. The molecular formula is C19H30N4O2. The van der Waals surface area contributed by atoms with Crippen LogP contribution in [0.25, 0.3) is 0 Å². The van der Waals surface area contributed by atoms with E-state index in [1.165, 1.54) is 12.8 Å². The lowest BCUT2D eigenvalue weighted by Crippen LogP contribution is -2.51. The van der Waals surface area contributed by atoms with Gasteiger partial charge in [0.25, 0.3) is 0 Å². The fourth-order valence-corrected chi connectivity index (χ4v) is 3.95. The van der Waals surface area contributed by atoms with E-state index in [4.69, 9.17) is 11.2 Å². The van der Waals surface area contributed by atoms with Crippen molar-refractivity contribution in [1.29, 1.82) is 0 Å². The SMILES string of the molecule is C#CCCC1(CCC(=O)NC2CCN(CC3CCCO3)CC2C)N=N1. The van der Waals surface area contributed by atoms with Crippen molar-refractivity contribution in [3.05, 3.63) is 0 Å². The zero-order valence-electron chi connectivity index (χ0n) is 15.2. The van der Waals surface area contributed by atoms with E-state index in [9.17, 15) is 4.79 Å². The Morgan fingerprint density at radius 1 is 1.40 bits per heavy atom. The van der Waals surface area contributed by atoms with Gasteiger partial charge in [-0.1, -0.05) is 6.92 Å². The van der Waals surface area contributed by atoms with Crippen LogP contribution in [-0.2, 0) is 9.53 Å². The lowest BCUT2D eigenvalue weighted by atomic mass is 9.93. The molecule has 6 nitrogen and oxygen atoms in total. The summed E-state index contributed by atoms with van der Waals surface area (Å²) in [6, 6.07) is 0.267. The van der Waals surface area contributed by atoms with Crippen LogP contribution in [0, 0.1) is 18.3 Å². The highest BCUT2D eigenvalue weighted by Gasteiger charge is 2.39. The summed E-state index contributed by atoms with van der Waals surface area (Å²) in [5.41, 5.74) is -0.361. The third-order valence-electron chi connectivity index (χ3n) is 5.63. The zero-order valence-corrected chi connectivity index (χ0v) is 15.2. The Kier molecular flexibility index (Phi) is 6.08. The second-order valence-electron chi connectivity index (χ2n) is 7.72. The highest BCUT2D eigenvalue weighted by atomic mass is 16.5. The number of amides is 1. The van der Waals surface area contributed by atoms with Crippen molar-refractivity contribution < 1.29 is 9.53 Å². The molecule has 2 fully saturated rings. The molecule has 0 aromatic rings. The number of carbonyl (C=O) groups excluding carboxylic acids is 1. The predicted octanol–water partition coefficient (Wildman–Crippen LogP) is 2.35. The van der Waals surface area contributed by atoms with Gasteiger partial charge in [0.1, 0.15) is 0 Å². The van der Waals surface area contributed by atoms with Crippen molar-refractivity contribution in [3.8, 4) is 12.3 Å². The standard InChI is InChI=1S/C19H30N4O2/c1-3-4-9-19(21-22-19)10-7-18(24)20-17-8-11-23(13-15(17)2)14-16-6-5-12-25-16/h1,15-17H,4-14H2,2H3,(H,20,24). The van der Waals surface area contributed by atoms with Crippen molar-refractivity contribution in [2.24, 2.45) is 16.1 Å². The van der Waals surface area contributed by atoms with Gasteiger partial charge in [-0.3, -0.25) is 4.79 Å². The number of hydrogen-bond acceptors (Lipinski definition) is 5. The first kappa shape index (κ1) is 18.3. The molecule has 0 spiro atoms. The summed E-state index contributed by atoms with van der Waals surface area (Å²) in [7, 11) is 0. The third-order valence-corrected chi connectivity index (χ3v) is 5.63. The average molecular weight is 346 g/mol. The maximum Gasteiger partial charge on any atom is 0.220 e. The molecule has 3 rings (SSSR count). The molecule has 1 N–H and O–H groups in total. The maximum atomic E-state index is 12.3. The first-order valence-corrected chi connectivity index (χ1v) is 9.61. The average Bonchev–Trinajstić information content (AvgIpc) is 3.19. The Bertz CT molecular complexity index is 530. The van der Waals surface area contributed by atoms with Crippen LogP contribution in [0.5, 0.6) is 0 Å². The molecule has 0 aromatic carbocycles. The van der Waals surface area contributed by atoms with Gasteiger partial charge in [-0.15, -0.1) is 12.3 Å². The highest BCUT2D eigenvalue weighted by molar-refractivity contribution is 5.76. The Balaban J connectivity index is 1.35. The summed E-state index contributed by atoms with van der Waals surface area (Å²) < 4.78 is 5.74. The third kappa shape index (κ3) is 5.26. The smallest absolute Gasteiger partial charge is 0.220 e. The van der Waals surface area contributed by atoms with Crippen molar-refractivity contribution in [3.63, 3.8) is 0 Å². The van der Waals surface area contributed by atoms with Gasteiger partial charge in [0.05, 0.1) is 6.10 Å². The molecule has 0 bridgehead atoms. The van der Waals surface area contributed by atoms with Crippen LogP contribution in [-0.4, -0.2) is 54.9 Å². The van der Waals surface area contributed by atoms with Gasteiger partial charge >= 0.3 is 0 Å². The number of nitrogens with one attached hydrogen (secondary N) is 1. The summed E-state index contributed by atoms with van der Waals surface area (Å²) in [4.78, 5) is 14.8. The van der Waals surface area contributed by atoms with Gasteiger partial charge < -0.3 is 15.0 Å². The second kappa shape index (κ2) is 8.29.